The minimum absolute atomic E-state index is 0.131. The molecule has 26 heavy (non-hydrogen) atoms. The molecule has 0 fully saturated rings. The molecule has 0 aliphatic carbocycles. The average Bonchev–Trinajstić information content (AvgIpc) is 2.58. The van der Waals surface area contributed by atoms with Crippen LogP contribution in [0, 0.1) is 0 Å². The summed E-state index contributed by atoms with van der Waals surface area (Å²) in [6.45, 7) is 3.95. The lowest BCUT2D eigenvalue weighted by molar-refractivity contribution is -0.118. The number of amides is 1. The number of halogens is 2. The van der Waals surface area contributed by atoms with Crippen LogP contribution < -0.4 is 10.2 Å². The first-order chi connectivity index (χ1) is 12.5. The highest BCUT2D eigenvalue weighted by atomic mass is 35.5. The number of benzene rings is 2. The molecule has 2 rings (SSSR count). The number of carbonyl (C=O) groups is 1. The number of nitrogens with one attached hydrogen (secondary N) is 1. The molecular formula is C19H20Cl2N2O2S. The topological polar surface area (TPSA) is 50.7 Å². The molecule has 2 aromatic carbocycles. The van der Waals surface area contributed by atoms with Gasteiger partial charge in [-0.05, 0) is 61.4 Å². The summed E-state index contributed by atoms with van der Waals surface area (Å²) in [5, 5.41) is 5.17. The zero-order valence-electron chi connectivity index (χ0n) is 14.5. The fraction of sp³-hybridized carbons (Fsp3) is 0.263. The third-order valence-corrected chi connectivity index (χ3v) is 4.86. The molecule has 1 amide bonds. The van der Waals surface area contributed by atoms with Crippen molar-refractivity contribution >= 4 is 47.1 Å². The van der Waals surface area contributed by atoms with Gasteiger partial charge in [-0.25, -0.2) is 5.43 Å². The average molecular weight is 411 g/mol. The maximum absolute atomic E-state index is 11.8. The van der Waals surface area contributed by atoms with Crippen LogP contribution in [0.15, 0.2) is 47.6 Å². The smallest absolute Gasteiger partial charge is 0.250 e. The van der Waals surface area contributed by atoms with Crippen molar-refractivity contribution in [1.29, 1.82) is 0 Å². The number of ether oxygens (including phenoxy) is 1. The molecule has 0 saturated carbocycles. The van der Waals surface area contributed by atoms with Crippen molar-refractivity contribution in [3.8, 4) is 5.75 Å². The van der Waals surface area contributed by atoms with E-state index in [4.69, 9.17) is 27.9 Å². The highest BCUT2D eigenvalue weighted by molar-refractivity contribution is 7.99. The summed E-state index contributed by atoms with van der Waals surface area (Å²) >= 11 is 13.6. The molecule has 2 aromatic rings. The summed E-state index contributed by atoms with van der Waals surface area (Å²) in [6.07, 6.45) is 1.72. The van der Waals surface area contributed by atoms with Gasteiger partial charge in [0.05, 0.1) is 18.1 Å². The van der Waals surface area contributed by atoms with Crippen LogP contribution in [0.4, 0.5) is 0 Å². The Kier molecular flexibility index (Phi) is 8.29. The Morgan fingerprint density at radius 1 is 1.19 bits per heavy atom. The number of rotatable bonds is 8. The summed E-state index contributed by atoms with van der Waals surface area (Å²) in [5.74, 6) is 1.44. The van der Waals surface area contributed by atoms with Gasteiger partial charge in [0.15, 0.2) is 0 Å². The third kappa shape index (κ3) is 6.90. The Balaban J connectivity index is 1.75. The van der Waals surface area contributed by atoms with E-state index < -0.39 is 0 Å². The zero-order chi connectivity index (χ0) is 18.9. The van der Waals surface area contributed by atoms with Crippen LogP contribution in [0.2, 0.25) is 10.0 Å². The number of hydrazone groups is 1. The maximum atomic E-state index is 11.8. The molecule has 0 aromatic heterocycles. The van der Waals surface area contributed by atoms with Crippen molar-refractivity contribution in [3.63, 3.8) is 0 Å². The van der Waals surface area contributed by atoms with Crippen LogP contribution in [0.3, 0.4) is 0 Å². The molecule has 0 heterocycles. The minimum atomic E-state index is -0.186. The van der Waals surface area contributed by atoms with Gasteiger partial charge in [0, 0.05) is 15.8 Å². The largest absolute Gasteiger partial charge is 0.491 e. The molecule has 0 radical (unpaired) electrons. The lowest BCUT2D eigenvalue weighted by Gasteiger charge is -2.09. The van der Waals surface area contributed by atoms with E-state index in [1.807, 2.05) is 38.1 Å². The van der Waals surface area contributed by atoms with E-state index in [1.54, 1.807) is 24.4 Å². The molecule has 1 N–H and O–H groups in total. The monoisotopic (exact) mass is 410 g/mol. The molecule has 0 bridgehead atoms. The Labute approximate surface area is 167 Å². The van der Waals surface area contributed by atoms with Crippen molar-refractivity contribution in [2.45, 2.75) is 25.7 Å². The first-order valence-corrected chi connectivity index (χ1v) is 9.96. The molecular weight excluding hydrogens is 391 g/mol. The SMILES string of the molecule is CC(C)Oc1ccc(/C=N\NC(=O)CSCc2c(Cl)cccc2Cl)cc1. The van der Waals surface area contributed by atoms with Gasteiger partial charge in [-0.15, -0.1) is 11.8 Å². The summed E-state index contributed by atoms with van der Waals surface area (Å²) in [4.78, 5) is 11.8. The van der Waals surface area contributed by atoms with E-state index in [9.17, 15) is 4.79 Å². The van der Waals surface area contributed by atoms with Crippen molar-refractivity contribution in [2.75, 3.05) is 5.75 Å². The highest BCUT2D eigenvalue weighted by Gasteiger charge is 2.07. The molecule has 0 unspecified atom stereocenters. The third-order valence-electron chi connectivity index (χ3n) is 3.20. The summed E-state index contributed by atoms with van der Waals surface area (Å²) < 4.78 is 5.57. The molecule has 138 valence electrons. The standard InChI is InChI=1S/C19H20Cl2N2O2S/c1-13(2)25-15-8-6-14(7-9-15)10-22-23-19(24)12-26-11-16-17(20)4-3-5-18(16)21/h3-10,13H,11-12H2,1-2H3,(H,23,24)/b22-10-. The van der Waals surface area contributed by atoms with Gasteiger partial charge in [-0.2, -0.15) is 5.10 Å². The molecule has 0 saturated heterocycles. The Morgan fingerprint density at radius 2 is 1.85 bits per heavy atom. The molecule has 4 nitrogen and oxygen atoms in total. The van der Waals surface area contributed by atoms with Crippen LogP contribution in [-0.2, 0) is 10.5 Å². The van der Waals surface area contributed by atoms with Crippen molar-refractivity contribution in [3.05, 3.63) is 63.6 Å². The quantitative estimate of drug-likeness (QED) is 0.482. The molecule has 0 atom stereocenters. The zero-order valence-corrected chi connectivity index (χ0v) is 16.9. The molecule has 0 aliphatic rings. The van der Waals surface area contributed by atoms with Gasteiger partial charge >= 0.3 is 0 Å². The predicted molar refractivity (Wildman–Crippen MR) is 111 cm³/mol. The van der Waals surface area contributed by atoms with Crippen molar-refractivity contribution in [1.82, 2.24) is 5.43 Å². The van der Waals surface area contributed by atoms with Gasteiger partial charge < -0.3 is 4.74 Å². The van der Waals surface area contributed by atoms with E-state index in [-0.39, 0.29) is 17.8 Å². The van der Waals surface area contributed by atoms with Crippen LogP contribution in [0.1, 0.15) is 25.0 Å². The lowest BCUT2D eigenvalue weighted by Crippen LogP contribution is -2.19. The second kappa shape index (κ2) is 10.5. The van der Waals surface area contributed by atoms with E-state index in [0.717, 1.165) is 16.9 Å². The van der Waals surface area contributed by atoms with Crippen molar-refractivity contribution < 1.29 is 9.53 Å². The van der Waals surface area contributed by atoms with Crippen LogP contribution >= 0.6 is 35.0 Å². The normalized spacial score (nSPS) is 11.1. The second-order valence-electron chi connectivity index (χ2n) is 5.72. The van der Waals surface area contributed by atoms with E-state index in [2.05, 4.69) is 10.5 Å². The minimum Gasteiger partial charge on any atom is -0.491 e. The number of thioether (sulfide) groups is 1. The fourth-order valence-electron chi connectivity index (χ4n) is 2.03. The number of hydrogen-bond donors (Lipinski definition) is 1. The predicted octanol–water partition coefficient (Wildman–Crippen LogP) is 5.16. The van der Waals surface area contributed by atoms with Gasteiger partial charge in [-0.3, -0.25) is 4.79 Å². The number of hydrogen-bond acceptors (Lipinski definition) is 4. The molecule has 7 heteroatoms. The first kappa shape index (κ1) is 20.6. The Morgan fingerprint density at radius 3 is 2.46 bits per heavy atom. The van der Waals surface area contributed by atoms with Gasteiger partial charge in [0.2, 0.25) is 5.91 Å². The Bertz CT molecular complexity index is 744. The summed E-state index contributed by atoms with van der Waals surface area (Å²) in [5.41, 5.74) is 4.21. The second-order valence-corrected chi connectivity index (χ2v) is 7.52. The molecule has 0 aliphatic heterocycles. The number of carbonyl (C=O) groups excluding carboxylic acids is 1. The van der Waals surface area contributed by atoms with Crippen LogP contribution in [0.5, 0.6) is 5.75 Å². The summed E-state index contributed by atoms with van der Waals surface area (Å²) in [6, 6.07) is 12.8. The van der Waals surface area contributed by atoms with E-state index >= 15 is 0 Å². The van der Waals surface area contributed by atoms with Crippen LogP contribution in [-0.4, -0.2) is 24.0 Å². The van der Waals surface area contributed by atoms with Crippen molar-refractivity contribution in [2.24, 2.45) is 5.10 Å². The fourth-order valence-corrected chi connectivity index (χ4v) is 3.59. The maximum Gasteiger partial charge on any atom is 0.250 e. The molecule has 0 spiro atoms. The summed E-state index contributed by atoms with van der Waals surface area (Å²) in [7, 11) is 0. The first-order valence-electron chi connectivity index (χ1n) is 8.05. The van der Waals surface area contributed by atoms with E-state index in [1.165, 1.54) is 11.8 Å². The van der Waals surface area contributed by atoms with Gasteiger partial charge in [0.1, 0.15) is 5.75 Å². The lowest BCUT2D eigenvalue weighted by atomic mass is 10.2. The van der Waals surface area contributed by atoms with Gasteiger partial charge in [0.25, 0.3) is 0 Å². The van der Waals surface area contributed by atoms with E-state index in [0.29, 0.717) is 15.8 Å². The van der Waals surface area contributed by atoms with Crippen LogP contribution in [0.25, 0.3) is 0 Å². The van der Waals surface area contributed by atoms with Gasteiger partial charge in [-0.1, -0.05) is 29.3 Å². The number of nitrogens with zero attached hydrogens (tertiary/aromatic N) is 1. The highest BCUT2D eigenvalue weighted by Crippen LogP contribution is 2.28. The Hall–Kier alpha value is -1.69.